The van der Waals surface area contributed by atoms with Gasteiger partial charge in [-0.3, -0.25) is 14.2 Å². The maximum absolute atomic E-state index is 11.6. The molecule has 4 heteroatoms. The largest absolute Gasteiger partial charge is 0.300 e. The van der Waals surface area contributed by atoms with Crippen molar-refractivity contribution >= 4 is 5.78 Å². The second-order valence-corrected chi connectivity index (χ2v) is 3.93. The molecular weight excluding hydrogens is 204 g/mol. The van der Waals surface area contributed by atoms with E-state index in [-0.39, 0.29) is 11.3 Å². The number of hydrogen-bond donors (Lipinski definition) is 0. The van der Waals surface area contributed by atoms with E-state index in [9.17, 15) is 9.59 Å². The summed E-state index contributed by atoms with van der Waals surface area (Å²) in [7, 11) is 0. The van der Waals surface area contributed by atoms with Crippen molar-refractivity contribution in [1.29, 1.82) is 0 Å². The molecule has 0 saturated carbocycles. The third kappa shape index (κ3) is 3.29. The highest BCUT2D eigenvalue weighted by molar-refractivity contribution is 5.77. The average molecular weight is 222 g/mol. The van der Waals surface area contributed by atoms with Crippen LogP contribution in [0.5, 0.6) is 0 Å². The smallest absolute Gasteiger partial charge is 0.253 e. The van der Waals surface area contributed by atoms with Crippen molar-refractivity contribution in [3.05, 3.63) is 27.9 Å². The van der Waals surface area contributed by atoms with Crippen LogP contribution in [0.2, 0.25) is 0 Å². The van der Waals surface area contributed by atoms with Crippen LogP contribution in [0, 0.1) is 13.8 Å². The topological polar surface area (TPSA) is 52.0 Å². The van der Waals surface area contributed by atoms with E-state index in [0.717, 1.165) is 5.69 Å². The van der Waals surface area contributed by atoms with Crippen molar-refractivity contribution in [3.8, 4) is 0 Å². The zero-order valence-electron chi connectivity index (χ0n) is 10.1. The fourth-order valence-electron chi connectivity index (χ4n) is 1.65. The number of aromatic nitrogens is 2. The Hall–Kier alpha value is -1.45. The Labute approximate surface area is 95.3 Å². The van der Waals surface area contributed by atoms with Crippen LogP contribution < -0.4 is 5.56 Å². The molecule has 0 radical (unpaired) electrons. The highest BCUT2D eigenvalue weighted by atomic mass is 16.1. The molecule has 0 unspecified atom stereocenters. The molecule has 0 atom stereocenters. The van der Waals surface area contributed by atoms with Crippen molar-refractivity contribution in [2.24, 2.45) is 0 Å². The number of nitrogens with zero attached hydrogens (tertiary/aromatic N) is 2. The Morgan fingerprint density at radius 2 is 2.12 bits per heavy atom. The quantitative estimate of drug-likeness (QED) is 0.760. The van der Waals surface area contributed by atoms with Crippen LogP contribution in [0.25, 0.3) is 0 Å². The molecule has 0 aliphatic carbocycles. The monoisotopic (exact) mass is 222 g/mol. The predicted octanol–water partition coefficient (Wildman–Crippen LogP) is 1.62. The molecule has 0 aliphatic heterocycles. The van der Waals surface area contributed by atoms with Crippen LogP contribution in [0.3, 0.4) is 0 Å². The molecule has 1 aromatic rings. The highest BCUT2D eigenvalue weighted by Crippen LogP contribution is 2.00. The molecule has 1 heterocycles. The Bertz CT molecular complexity index is 435. The Morgan fingerprint density at radius 3 is 2.69 bits per heavy atom. The molecule has 1 aromatic heterocycles. The van der Waals surface area contributed by atoms with Crippen molar-refractivity contribution in [2.75, 3.05) is 0 Å². The fraction of sp³-hybridized carbons (Fsp3) is 0.583. The minimum Gasteiger partial charge on any atom is -0.300 e. The van der Waals surface area contributed by atoms with Gasteiger partial charge in [0.15, 0.2) is 0 Å². The van der Waals surface area contributed by atoms with Crippen LogP contribution in [0.15, 0.2) is 10.9 Å². The lowest BCUT2D eigenvalue weighted by Crippen LogP contribution is -2.23. The molecule has 0 aromatic carbocycles. The first kappa shape index (κ1) is 12.6. The van der Waals surface area contributed by atoms with Gasteiger partial charge in [0.05, 0.1) is 0 Å². The number of carbonyl (C=O) groups is 1. The zero-order chi connectivity index (χ0) is 12.1. The van der Waals surface area contributed by atoms with Gasteiger partial charge in [-0.25, -0.2) is 4.98 Å². The van der Waals surface area contributed by atoms with Gasteiger partial charge in [0.2, 0.25) is 0 Å². The lowest BCUT2D eigenvalue weighted by atomic mass is 10.2. The van der Waals surface area contributed by atoms with E-state index in [1.807, 2.05) is 13.8 Å². The zero-order valence-corrected chi connectivity index (χ0v) is 10.1. The summed E-state index contributed by atoms with van der Waals surface area (Å²) in [6.07, 6.45) is 1.81. The van der Waals surface area contributed by atoms with E-state index in [4.69, 9.17) is 0 Å². The molecule has 0 N–H and O–H groups in total. The molecule has 0 amide bonds. The van der Waals surface area contributed by atoms with Gasteiger partial charge in [0.1, 0.15) is 11.6 Å². The SMILES string of the molecule is CCC(=O)CCCn1c(C)nc(C)cc1=O. The molecule has 4 nitrogen and oxygen atoms in total. The van der Waals surface area contributed by atoms with Gasteiger partial charge in [0, 0.05) is 31.1 Å². The van der Waals surface area contributed by atoms with Crippen molar-refractivity contribution in [2.45, 2.75) is 46.6 Å². The molecule has 1 rings (SSSR count). The van der Waals surface area contributed by atoms with Crippen LogP contribution in [-0.2, 0) is 11.3 Å². The Morgan fingerprint density at radius 1 is 1.44 bits per heavy atom. The molecule has 0 bridgehead atoms. The minimum absolute atomic E-state index is 0.0334. The third-order valence-corrected chi connectivity index (χ3v) is 2.56. The molecule has 0 fully saturated rings. The minimum atomic E-state index is -0.0334. The van der Waals surface area contributed by atoms with Gasteiger partial charge in [-0.1, -0.05) is 6.92 Å². The summed E-state index contributed by atoms with van der Waals surface area (Å²) in [5.41, 5.74) is 0.706. The highest BCUT2D eigenvalue weighted by Gasteiger charge is 2.04. The molecule has 88 valence electrons. The lowest BCUT2D eigenvalue weighted by Gasteiger charge is -2.08. The van der Waals surface area contributed by atoms with E-state index >= 15 is 0 Å². The summed E-state index contributed by atoms with van der Waals surface area (Å²) in [5.74, 6) is 0.958. The van der Waals surface area contributed by atoms with Gasteiger partial charge in [-0.05, 0) is 20.3 Å². The summed E-state index contributed by atoms with van der Waals surface area (Å²) in [6, 6.07) is 1.52. The number of aryl methyl sites for hydroxylation is 2. The van der Waals surface area contributed by atoms with E-state index in [1.54, 1.807) is 11.5 Å². The first-order valence-electron chi connectivity index (χ1n) is 5.61. The number of hydrogen-bond acceptors (Lipinski definition) is 3. The summed E-state index contributed by atoms with van der Waals surface area (Å²) < 4.78 is 1.62. The summed E-state index contributed by atoms with van der Waals surface area (Å²) in [4.78, 5) is 27.0. The molecule has 0 saturated heterocycles. The first-order valence-corrected chi connectivity index (χ1v) is 5.61. The molecule has 0 spiro atoms. The number of carbonyl (C=O) groups excluding carboxylic acids is 1. The Kier molecular flexibility index (Phi) is 4.40. The predicted molar refractivity (Wildman–Crippen MR) is 62.5 cm³/mol. The van der Waals surface area contributed by atoms with Gasteiger partial charge >= 0.3 is 0 Å². The Balaban J connectivity index is 2.68. The standard InChI is InChI=1S/C12H18N2O2/c1-4-11(15)6-5-7-14-10(3)13-9(2)8-12(14)16/h8H,4-7H2,1-3H3. The second kappa shape index (κ2) is 5.58. The number of rotatable bonds is 5. The molecule has 0 aliphatic rings. The second-order valence-electron chi connectivity index (χ2n) is 3.93. The summed E-state index contributed by atoms with van der Waals surface area (Å²) in [5, 5.41) is 0. The van der Waals surface area contributed by atoms with Crippen molar-refractivity contribution < 1.29 is 4.79 Å². The fourth-order valence-corrected chi connectivity index (χ4v) is 1.65. The average Bonchev–Trinajstić information content (AvgIpc) is 2.21. The summed E-state index contributed by atoms with van der Waals surface area (Å²) >= 11 is 0. The van der Waals surface area contributed by atoms with Crippen LogP contribution >= 0.6 is 0 Å². The number of ketones is 1. The van der Waals surface area contributed by atoms with Crippen LogP contribution in [0.4, 0.5) is 0 Å². The maximum Gasteiger partial charge on any atom is 0.253 e. The van der Waals surface area contributed by atoms with Gasteiger partial charge in [0.25, 0.3) is 5.56 Å². The van der Waals surface area contributed by atoms with E-state index in [2.05, 4.69) is 4.98 Å². The lowest BCUT2D eigenvalue weighted by molar-refractivity contribution is -0.118. The molecular formula is C12H18N2O2. The van der Waals surface area contributed by atoms with Crippen molar-refractivity contribution in [1.82, 2.24) is 9.55 Å². The molecule has 16 heavy (non-hydrogen) atoms. The first-order chi connectivity index (χ1) is 7.54. The number of Topliss-reactive ketones (excluding diaryl/α,β-unsaturated/α-hetero) is 1. The maximum atomic E-state index is 11.6. The third-order valence-electron chi connectivity index (χ3n) is 2.56. The normalized spacial score (nSPS) is 10.4. The van der Waals surface area contributed by atoms with E-state index in [1.165, 1.54) is 6.07 Å². The van der Waals surface area contributed by atoms with E-state index in [0.29, 0.717) is 31.6 Å². The van der Waals surface area contributed by atoms with Gasteiger partial charge in [-0.2, -0.15) is 0 Å². The van der Waals surface area contributed by atoms with Crippen molar-refractivity contribution in [3.63, 3.8) is 0 Å². The van der Waals surface area contributed by atoms with Gasteiger partial charge in [-0.15, -0.1) is 0 Å². The van der Waals surface area contributed by atoms with E-state index < -0.39 is 0 Å². The summed E-state index contributed by atoms with van der Waals surface area (Å²) in [6.45, 7) is 6.05. The van der Waals surface area contributed by atoms with Crippen LogP contribution in [-0.4, -0.2) is 15.3 Å². The van der Waals surface area contributed by atoms with Crippen LogP contribution in [0.1, 0.15) is 37.7 Å². The van der Waals surface area contributed by atoms with Gasteiger partial charge < -0.3 is 0 Å².